The van der Waals surface area contributed by atoms with E-state index in [4.69, 9.17) is 11.5 Å². The molecule has 1 aromatic rings. The maximum atomic E-state index is 6.44. The lowest BCUT2D eigenvalue weighted by molar-refractivity contribution is 0.173. The first-order chi connectivity index (χ1) is 8.41. The molecule has 1 aliphatic carbocycles. The van der Waals surface area contributed by atoms with Crippen LogP contribution in [0.1, 0.15) is 56.7 Å². The highest BCUT2D eigenvalue weighted by Crippen LogP contribution is 2.42. The van der Waals surface area contributed by atoms with Crippen LogP contribution in [-0.4, -0.2) is 4.98 Å². The number of nitrogen functional groups attached to an aromatic ring is 1. The summed E-state index contributed by atoms with van der Waals surface area (Å²) in [4.78, 5) is 4.18. The molecule has 100 valence electrons. The Bertz CT molecular complexity index is 395. The number of nitrogens with zero attached hydrogens (tertiary/aromatic N) is 1. The van der Waals surface area contributed by atoms with Crippen LogP contribution in [0.5, 0.6) is 0 Å². The fourth-order valence-electron chi connectivity index (χ4n) is 3.04. The van der Waals surface area contributed by atoms with E-state index < -0.39 is 0 Å². The molecule has 3 nitrogen and oxygen atoms in total. The van der Waals surface area contributed by atoms with E-state index in [1.165, 1.54) is 31.2 Å². The largest absolute Gasteiger partial charge is 0.383 e. The highest BCUT2D eigenvalue weighted by Gasteiger charge is 2.31. The summed E-state index contributed by atoms with van der Waals surface area (Å²) in [6, 6.07) is 2.04. The Kier molecular flexibility index (Phi) is 3.62. The zero-order valence-electron chi connectivity index (χ0n) is 11.7. The van der Waals surface area contributed by atoms with E-state index >= 15 is 0 Å². The van der Waals surface area contributed by atoms with Crippen molar-refractivity contribution in [3.8, 4) is 0 Å². The Morgan fingerprint density at radius 2 is 1.94 bits per heavy atom. The molecule has 1 saturated carbocycles. The topological polar surface area (TPSA) is 64.9 Å². The SMILES string of the molecule is Cc1ccnc(N)c1C(N)C1CCC(C)(C)CC1. The molecule has 0 radical (unpaired) electrons. The first-order valence-electron chi connectivity index (χ1n) is 6.87. The van der Waals surface area contributed by atoms with E-state index in [1.807, 2.05) is 6.07 Å². The van der Waals surface area contributed by atoms with E-state index in [0.29, 0.717) is 17.2 Å². The molecule has 0 aliphatic heterocycles. The summed E-state index contributed by atoms with van der Waals surface area (Å²) in [7, 11) is 0. The second-order valence-electron chi connectivity index (χ2n) is 6.45. The monoisotopic (exact) mass is 247 g/mol. The van der Waals surface area contributed by atoms with Crippen molar-refractivity contribution in [1.82, 2.24) is 4.98 Å². The minimum absolute atomic E-state index is 0.0369. The quantitative estimate of drug-likeness (QED) is 0.843. The van der Waals surface area contributed by atoms with Crippen LogP contribution in [0.3, 0.4) is 0 Å². The van der Waals surface area contributed by atoms with Gasteiger partial charge in [0.2, 0.25) is 0 Å². The lowest BCUT2D eigenvalue weighted by Crippen LogP contribution is -2.30. The van der Waals surface area contributed by atoms with Crippen LogP contribution in [-0.2, 0) is 0 Å². The van der Waals surface area contributed by atoms with Gasteiger partial charge in [0, 0.05) is 17.8 Å². The molecule has 0 spiro atoms. The Morgan fingerprint density at radius 3 is 2.50 bits per heavy atom. The smallest absolute Gasteiger partial charge is 0.128 e. The van der Waals surface area contributed by atoms with Crippen molar-refractivity contribution in [1.29, 1.82) is 0 Å². The maximum absolute atomic E-state index is 6.44. The van der Waals surface area contributed by atoms with Crippen LogP contribution in [0.4, 0.5) is 5.82 Å². The van der Waals surface area contributed by atoms with Crippen LogP contribution < -0.4 is 11.5 Å². The van der Waals surface area contributed by atoms with Crippen molar-refractivity contribution in [2.24, 2.45) is 17.1 Å². The fourth-order valence-corrected chi connectivity index (χ4v) is 3.04. The number of nitrogens with two attached hydrogens (primary N) is 2. The number of aromatic nitrogens is 1. The molecule has 1 unspecified atom stereocenters. The Morgan fingerprint density at radius 1 is 1.33 bits per heavy atom. The average Bonchev–Trinajstić information content (AvgIpc) is 2.28. The molecule has 0 amide bonds. The summed E-state index contributed by atoms with van der Waals surface area (Å²) in [5.41, 5.74) is 15.1. The van der Waals surface area contributed by atoms with Crippen LogP contribution >= 0.6 is 0 Å². The van der Waals surface area contributed by atoms with E-state index in [0.717, 1.165) is 5.56 Å². The summed E-state index contributed by atoms with van der Waals surface area (Å²) in [5.74, 6) is 1.15. The highest BCUT2D eigenvalue weighted by molar-refractivity contribution is 5.46. The molecule has 3 heteroatoms. The van der Waals surface area contributed by atoms with E-state index in [2.05, 4.69) is 25.8 Å². The zero-order chi connectivity index (χ0) is 13.3. The van der Waals surface area contributed by atoms with Crippen LogP contribution in [0.15, 0.2) is 12.3 Å². The molecule has 1 aromatic heterocycles. The van der Waals surface area contributed by atoms with Crippen LogP contribution in [0, 0.1) is 18.3 Å². The molecule has 1 atom stereocenters. The molecular weight excluding hydrogens is 222 g/mol. The van der Waals surface area contributed by atoms with E-state index in [9.17, 15) is 0 Å². The van der Waals surface area contributed by atoms with Crippen molar-refractivity contribution < 1.29 is 0 Å². The second-order valence-corrected chi connectivity index (χ2v) is 6.45. The van der Waals surface area contributed by atoms with Gasteiger partial charge in [0.1, 0.15) is 5.82 Å². The number of anilines is 1. The summed E-state index contributed by atoms with van der Waals surface area (Å²) in [5, 5.41) is 0. The van der Waals surface area contributed by atoms with Gasteiger partial charge in [-0.1, -0.05) is 13.8 Å². The summed E-state index contributed by atoms with van der Waals surface area (Å²) >= 11 is 0. The fraction of sp³-hybridized carbons (Fsp3) is 0.667. The summed E-state index contributed by atoms with van der Waals surface area (Å²) in [6.07, 6.45) is 6.66. The van der Waals surface area contributed by atoms with Crippen LogP contribution in [0.25, 0.3) is 0 Å². The van der Waals surface area contributed by atoms with E-state index in [1.54, 1.807) is 6.20 Å². The Hall–Kier alpha value is -1.09. The van der Waals surface area contributed by atoms with Gasteiger partial charge >= 0.3 is 0 Å². The molecule has 18 heavy (non-hydrogen) atoms. The molecule has 2 rings (SSSR count). The standard InChI is InChI=1S/C15H25N3/c1-10-6-9-18-14(17)12(10)13(16)11-4-7-15(2,3)8-5-11/h6,9,11,13H,4-5,7-8,16H2,1-3H3,(H2,17,18). The summed E-state index contributed by atoms with van der Waals surface area (Å²) < 4.78 is 0. The molecule has 0 aromatic carbocycles. The number of pyridine rings is 1. The number of hydrogen-bond donors (Lipinski definition) is 2. The number of aryl methyl sites for hydroxylation is 1. The van der Waals surface area contributed by atoms with Gasteiger partial charge in [0.15, 0.2) is 0 Å². The van der Waals surface area contributed by atoms with Crippen molar-refractivity contribution in [2.75, 3.05) is 5.73 Å². The van der Waals surface area contributed by atoms with Gasteiger partial charge in [0.05, 0.1) is 0 Å². The predicted octanol–water partition coefficient (Wildman–Crippen LogP) is 3.19. The van der Waals surface area contributed by atoms with Gasteiger partial charge in [-0.25, -0.2) is 4.98 Å². The van der Waals surface area contributed by atoms with Crippen molar-refractivity contribution in [3.63, 3.8) is 0 Å². The van der Waals surface area contributed by atoms with Gasteiger partial charge in [-0.05, 0) is 55.6 Å². The van der Waals surface area contributed by atoms with Gasteiger partial charge in [-0.15, -0.1) is 0 Å². The maximum Gasteiger partial charge on any atom is 0.128 e. The average molecular weight is 247 g/mol. The first kappa shape index (κ1) is 13.3. The Labute approximate surface area is 110 Å². The summed E-state index contributed by atoms with van der Waals surface area (Å²) in [6.45, 7) is 6.76. The van der Waals surface area contributed by atoms with Gasteiger partial charge < -0.3 is 11.5 Å². The highest BCUT2D eigenvalue weighted by atomic mass is 14.8. The zero-order valence-corrected chi connectivity index (χ0v) is 11.7. The first-order valence-corrected chi connectivity index (χ1v) is 6.87. The molecule has 0 saturated heterocycles. The van der Waals surface area contributed by atoms with Crippen molar-refractivity contribution in [3.05, 3.63) is 23.4 Å². The lowest BCUT2D eigenvalue weighted by atomic mass is 9.70. The normalized spacial score (nSPS) is 21.8. The second kappa shape index (κ2) is 4.88. The number of rotatable bonds is 2. The molecule has 1 aliphatic rings. The molecular formula is C15H25N3. The molecule has 0 bridgehead atoms. The molecule has 4 N–H and O–H groups in total. The Balaban J connectivity index is 2.15. The van der Waals surface area contributed by atoms with Crippen molar-refractivity contribution >= 4 is 5.82 Å². The van der Waals surface area contributed by atoms with E-state index in [-0.39, 0.29) is 6.04 Å². The third kappa shape index (κ3) is 2.66. The minimum Gasteiger partial charge on any atom is -0.383 e. The predicted molar refractivity (Wildman–Crippen MR) is 76.1 cm³/mol. The van der Waals surface area contributed by atoms with Gasteiger partial charge in [-0.3, -0.25) is 0 Å². The third-order valence-corrected chi connectivity index (χ3v) is 4.46. The molecule has 1 heterocycles. The van der Waals surface area contributed by atoms with Gasteiger partial charge in [-0.2, -0.15) is 0 Å². The van der Waals surface area contributed by atoms with Gasteiger partial charge in [0.25, 0.3) is 0 Å². The van der Waals surface area contributed by atoms with Crippen molar-refractivity contribution in [2.45, 2.75) is 52.5 Å². The van der Waals surface area contributed by atoms with Crippen LogP contribution in [0.2, 0.25) is 0 Å². The molecule has 1 fully saturated rings. The lowest BCUT2D eigenvalue weighted by Gasteiger charge is -2.37. The third-order valence-electron chi connectivity index (χ3n) is 4.46. The minimum atomic E-state index is 0.0369. The number of hydrogen-bond acceptors (Lipinski definition) is 3.